The minimum atomic E-state index is -0.258. The van der Waals surface area contributed by atoms with Gasteiger partial charge in [0.15, 0.2) is 0 Å². The van der Waals surface area contributed by atoms with Crippen LogP contribution in [0.25, 0.3) is 27.8 Å². The Bertz CT molecular complexity index is 1320. The fourth-order valence-corrected chi connectivity index (χ4v) is 4.77. The molecule has 0 amide bonds. The molecule has 1 atom stereocenters. The number of hydrogen-bond acceptors (Lipinski definition) is 3. The molecule has 0 fully saturated rings. The molecule has 0 N–H and O–H groups in total. The number of thioether (sulfide) groups is 1. The second kappa shape index (κ2) is 8.36. The van der Waals surface area contributed by atoms with Crippen LogP contribution in [-0.2, 0) is 0 Å². The van der Waals surface area contributed by atoms with Crippen LogP contribution in [0.3, 0.4) is 0 Å². The van der Waals surface area contributed by atoms with Gasteiger partial charge in [-0.15, -0.1) is 0 Å². The zero-order chi connectivity index (χ0) is 21.2. The zero-order valence-electron chi connectivity index (χ0n) is 16.9. The van der Waals surface area contributed by atoms with E-state index in [1.54, 1.807) is 30.2 Å². The molecule has 0 aliphatic carbocycles. The summed E-state index contributed by atoms with van der Waals surface area (Å²) in [6.07, 6.45) is 3.68. The van der Waals surface area contributed by atoms with E-state index in [1.807, 2.05) is 28.8 Å². The Morgan fingerprint density at radius 3 is 2.23 bits per heavy atom. The maximum absolute atomic E-state index is 13.5. The van der Waals surface area contributed by atoms with Gasteiger partial charge in [-0.2, -0.15) is 0 Å². The van der Waals surface area contributed by atoms with Crippen LogP contribution in [0.15, 0.2) is 102 Å². The number of hydrogen-bond donors (Lipinski definition) is 0. The Labute approximate surface area is 184 Å². The highest BCUT2D eigenvalue weighted by Gasteiger charge is 2.19. The summed E-state index contributed by atoms with van der Waals surface area (Å²) in [7, 11) is 0. The third-order valence-corrected chi connectivity index (χ3v) is 6.45. The molecule has 152 valence electrons. The lowest BCUT2D eigenvalue weighted by atomic mass is 10.1. The van der Waals surface area contributed by atoms with E-state index in [4.69, 9.17) is 0 Å². The topological polar surface area (TPSA) is 30.7 Å². The van der Waals surface area contributed by atoms with Gasteiger partial charge in [-0.05, 0) is 42.3 Å². The number of fused-ring (bicyclic) bond motifs is 1. The maximum Gasteiger partial charge on any atom is 0.149 e. The largest absolute Gasteiger partial charge is 0.301 e. The molecule has 2 heterocycles. The van der Waals surface area contributed by atoms with E-state index in [1.165, 1.54) is 17.7 Å². The van der Waals surface area contributed by atoms with Crippen LogP contribution in [0.5, 0.6) is 0 Å². The molecule has 3 aromatic carbocycles. The van der Waals surface area contributed by atoms with Gasteiger partial charge >= 0.3 is 0 Å². The van der Waals surface area contributed by atoms with Crippen molar-refractivity contribution in [2.24, 2.45) is 0 Å². The first-order chi connectivity index (χ1) is 15.2. The molecule has 0 aliphatic heterocycles. The van der Waals surface area contributed by atoms with E-state index in [9.17, 15) is 4.39 Å². The minimum absolute atomic E-state index is 0.233. The molecular formula is C26H20FN3S. The van der Waals surface area contributed by atoms with Crippen molar-refractivity contribution >= 4 is 22.8 Å². The number of rotatable bonds is 5. The molecule has 0 bridgehead atoms. The number of nitrogens with zero attached hydrogens (tertiary/aromatic N) is 3. The summed E-state index contributed by atoms with van der Waals surface area (Å²) in [6, 6.07) is 27.1. The Balaban J connectivity index is 1.69. The normalized spacial score (nSPS) is 12.2. The van der Waals surface area contributed by atoms with Crippen LogP contribution in [-0.4, -0.2) is 14.5 Å². The van der Waals surface area contributed by atoms with Gasteiger partial charge in [0.2, 0.25) is 0 Å². The van der Waals surface area contributed by atoms with Crippen molar-refractivity contribution in [2.45, 2.75) is 17.2 Å². The van der Waals surface area contributed by atoms with Crippen molar-refractivity contribution in [3.8, 4) is 16.8 Å². The first-order valence-electron chi connectivity index (χ1n) is 10.1. The highest BCUT2D eigenvalue weighted by Crippen LogP contribution is 2.41. The summed E-state index contributed by atoms with van der Waals surface area (Å²) in [5, 5.41) is 2.17. The van der Waals surface area contributed by atoms with E-state index >= 15 is 0 Å². The van der Waals surface area contributed by atoms with Gasteiger partial charge in [-0.3, -0.25) is 0 Å². The molecule has 1 unspecified atom stereocenters. The molecule has 5 heteroatoms. The van der Waals surface area contributed by atoms with Crippen molar-refractivity contribution in [1.82, 2.24) is 14.5 Å². The summed E-state index contributed by atoms with van der Waals surface area (Å²) < 4.78 is 15.5. The van der Waals surface area contributed by atoms with E-state index in [-0.39, 0.29) is 11.1 Å². The molecule has 0 radical (unpaired) electrons. The van der Waals surface area contributed by atoms with Crippen LogP contribution in [0.1, 0.15) is 17.7 Å². The molecule has 5 aromatic rings. The van der Waals surface area contributed by atoms with Crippen molar-refractivity contribution < 1.29 is 4.39 Å². The van der Waals surface area contributed by atoms with Crippen molar-refractivity contribution in [2.75, 3.05) is 0 Å². The molecule has 0 spiro atoms. The predicted octanol–water partition coefficient (Wildman–Crippen LogP) is 7.08. The lowest BCUT2D eigenvalue weighted by Gasteiger charge is -2.12. The monoisotopic (exact) mass is 425 g/mol. The van der Waals surface area contributed by atoms with Crippen LogP contribution < -0.4 is 0 Å². The van der Waals surface area contributed by atoms with Crippen molar-refractivity contribution in [1.29, 1.82) is 0 Å². The average molecular weight is 426 g/mol. The summed E-state index contributed by atoms with van der Waals surface area (Å²) in [4.78, 5) is 9.27. The third kappa shape index (κ3) is 3.84. The number of halogens is 1. The van der Waals surface area contributed by atoms with E-state index in [0.717, 1.165) is 32.9 Å². The minimum Gasteiger partial charge on any atom is -0.301 e. The summed E-state index contributed by atoms with van der Waals surface area (Å²) in [6.45, 7) is 2.19. The van der Waals surface area contributed by atoms with Crippen LogP contribution >= 0.6 is 11.8 Å². The van der Waals surface area contributed by atoms with Gasteiger partial charge in [0.1, 0.15) is 22.8 Å². The second-order valence-corrected chi connectivity index (χ2v) is 8.63. The molecular weight excluding hydrogens is 405 g/mol. The van der Waals surface area contributed by atoms with Gasteiger partial charge in [0.25, 0.3) is 0 Å². The fourth-order valence-electron chi connectivity index (χ4n) is 3.72. The number of aromatic nitrogens is 3. The summed E-state index contributed by atoms with van der Waals surface area (Å²) in [5.74, 6) is -0.258. The maximum atomic E-state index is 13.5. The zero-order valence-corrected chi connectivity index (χ0v) is 17.8. The highest BCUT2D eigenvalue weighted by molar-refractivity contribution is 7.99. The van der Waals surface area contributed by atoms with E-state index in [0.29, 0.717) is 0 Å². The smallest absolute Gasteiger partial charge is 0.149 e. The van der Waals surface area contributed by atoms with Crippen LogP contribution in [0, 0.1) is 5.82 Å². The highest BCUT2D eigenvalue weighted by atomic mass is 32.2. The Morgan fingerprint density at radius 1 is 0.839 bits per heavy atom. The van der Waals surface area contributed by atoms with Gasteiger partial charge in [-0.1, -0.05) is 72.4 Å². The van der Waals surface area contributed by atoms with Gasteiger partial charge in [0.05, 0.1) is 5.39 Å². The molecule has 31 heavy (non-hydrogen) atoms. The Hall–Kier alpha value is -3.44. The molecule has 2 aromatic heterocycles. The first kappa shape index (κ1) is 19.5. The summed E-state index contributed by atoms with van der Waals surface area (Å²) in [5.41, 5.74) is 5.07. The van der Waals surface area contributed by atoms with Gasteiger partial charge in [-0.25, -0.2) is 14.4 Å². The Morgan fingerprint density at radius 2 is 1.52 bits per heavy atom. The van der Waals surface area contributed by atoms with Crippen molar-refractivity contribution in [3.63, 3.8) is 0 Å². The second-order valence-electron chi connectivity index (χ2n) is 7.30. The average Bonchev–Trinajstić information content (AvgIpc) is 3.21. The SMILES string of the molecule is CC(Sc1ncnc2c1c(-c1ccccc1)cn2-c1ccc(F)cc1)c1ccccc1. The lowest BCUT2D eigenvalue weighted by Crippen LogP contribution is -1.96. The quantitative estimate of drug-likeness (QED) is 0.223. The third-order valence-electron chi connectivity index (χ3n) is 5.30. The summed E-state index contributed by atoms with van der Waals surface area (Å²) >= 11 is 1.72. The van der Waals surface area contributed by atoms with Crippen LogP contribution in [0.4, 0.5) is 4.39 Å². The molecule has 0 saturated carbocycles. The lowest BCUT2D eigenvalue weighted by molar-refractivity contribution is 0.627. The van der Waals surface area contributed by atoms with Gasteiger partial charge in [0, 0.05) is 22.7 Å². The standard InChI is InChI=1S/C26H20FN3S/c1-18(19-8-4-2-5-9-19)31-26-24-23(20-10-6-3-7-11-20)16-30(25(24)28-17-29-26)22-14-12-21(27)13-15-22/h2-18H,1H3. The molecule has 0 aliphatic rings. The predicted molar refractivity (Wildman–Crippen MR) is 125 cm³/mol. The molecule has 3 nitrogen and oxygen atoms in total. The van der Waals surface area contributed by atoms with Crippen molar-refractivity contribution in [3.05, 3.63) is 109 Å². The molecule has 5 rings (SSSR count). The van der Waals surface area contributed by atoms with Gasteiger partial charge < -0.3 is 4.57 Å². The first-order valence-corrected chi connectivity index (χ1v) is 11.0. The number of benzene rings is 3. The molecule has 0 saturated heterocycles. The fraction of sp³-hybridized carbons (Fsp3) is 0.0769. The Kier molecular flexibility index (Phi) is 5.26. The van der Waals surface area contributed by atoms with E-state index < -0.39 is 0 Å². The van der Waals surface area contributed by atoms with E-state index in [2.05, 4.69) is 59.5 Å². The van der Waals surface area contributed by atoms with Crippen LogP contribution in [0.2, 0.25) is 0 Å².